The average molecular weight is 364 g/mol. The van der Waals surface area contributed by atoms with Crippen LogP contribution in [0.25, 0.3) is 0 Å². The van der Waals surface area contributed by atoms with E-state index < -0.39 is 5.60 Å². The Morgan fingerprint density at radius 2 is 2.04 bits per heavy atom. The van der Waals surface area contributed by atoms with Crippen LogP contribution < -0.4 is 4.74 Å². The number of ether oxygens (including phenoxy) is 1. The molecule has 1 fully saturated rings. The molecule has 5 nitrogen and oxygen atoms in total. The number of nitrogens with zero attached hydrogens (tertiary/aromatic N) is 2. The summed E-state index contributed by atoms with van der Waals surface area (Å²) in [6, 6.07) is 11.0. The molecular weight excluding hydrogens is 340 g/mol. The number of carbonyl (C=O) groups excluding carboxylic acids is 1. The Balaban J connectivity index is 1.60. The van der Waals surface area contributed by atoms with Crippen LogP contribution in [0.2, 0.25) is 0 Å². The van der Waals surface area contributed by atoms with Crippen molar-refractivity contribution in [1.82, 2.24) is 9.88 Å². The number of rotatable bonds is 3. The predicted octanol–water partition coefficient (Wildman–Crippen LogP) is 2.89. The van der Waals surface area contributed by atoms with Gasteiger partial charge in [-0.3, -0.25) is 9.78 Å². The average Bonchev–Trinajstić information content (AvgIpc) is 2.67. The number of benzene rings is 1. The van der Waals surface area contributed by atoms with Crippen LogP contribution in [0.1, 0.15) is 42.6 Å². The normalized spacial score (nSPS) is 15.0. The van der Waals surface area contributed by atoms with Gasteiger partial charge in [0.25, 0.3) is 5.91 Å². The third-order valence-electron chi connectivity index (χ3n) is 4.29. The topological polar surface area (TPSA) is 62.7 Å². The van der Waals surface area contributed by atoms with E-state index in [1.807, 2.05) is 29.2 Å². The van der Waals surface area contributed by atoms with Crippen LogP contribution in [0.3, 0.4) is 0 Å². The fourth-order valence-corrected chi connectivity index (χ4v) is 2.92. The Hall–Kier alpha value is -2.84. The first-order valence-corrected chi connectivity index (χ1v) is 9.12. The van der Waals surface area contributed by atoms with Crippen molar-refractivity contribution in [3.63, 3.8) is 0 Å². The molecule has 1 amide bonds. The van der Waals surface area contributed by atoms with Crippen LogP contribution in [0, 0.1) is 11.8 Å². The highest BCUT2D eigenvalue weighted by Crippen LogP contribution is 2.19. The maximum atomic E-state index is 12.8. The summed E-state index contributed by atoms with van der Waals surface area (Å²) < 4.78 is 5.93. The lowest BCUT2D eigenvalue weighted by Crippen LogP contribution is -2.41. The highest BCUT2D eigenvalue weighted by molar-refractivity contribution is 5.94. The van der Waals surface area contributed by atoms with Crippen LogP contribution in [0.5, 0.6) is 5.75 Å². The maximum Gasteiger partial charge on any atom is 0.253 e. The van der Waals surface area contributed by atoms with Crippen LogP contribution in [0.15, 0.2) is 48.8 Å². The van der Waals surface area contributed by atoms with Crippen molar-refractivity contribution in [3.8, 4) is 17.6 Å². The van der Waals surface area contributed by atoms with E-state index >= 15 is 0 Å². The zero-order chi connectivity index (χ0) is 19.3. The van der Waals surface area contributed by atoms with Crippen molar-refractivity contribution in [2.75, 3.05) is 13.1 Å². The second-order valence-electron chi connectivity index (χ2n) is 7.19. The van der Waals surface area contributed by atoms with Gasteiger partial charge in [-0.25, -0.2) is 0 Å². The summed E-state index contributed by atoms with van der Waals surface area (Å²) in [5.41, 5.74) is 0.276. The third-order valence-corrected chi connectivity index (χ3v) is 4.29. The molecule has 2 aromatic rings. The fourth-order valence-electron chi connectivity index (χ4n) is 2.92. The van der Waals surface area contributed by atoms with Gasteiger partial charge in [0, 0.05) is 43.3 Å². The van der Waals surface area contributed by atoms with E-state index in [-0.39, 0.29) is 12.0 Å². The minimum absolute atomic E-state index is 0.00161. The fraction of sp³-hybridized carbons (Fsp3) is 0.364. The Bertz CT molecular complexity index is 839. The number of aliphatic hydroxyl groups is 1. The SMILES string of the molecule is CC(C)(O)C#Cc1cccc(C(=O)N2CCC(Oc3cccnc3)CC2)c1. The number of carbonyl (C=O) groups is 1. The lowest BCUT2D eigenvalue weighted by molar-refractivity contribution is 0.0595. The van der Waals surface area contributed by atoms with E-state index in [0.717, 1.165) is 24.2 Å². The molecule has 1 aromatic carbocycles. The Kier molecular flexibility index (Phi) is 5.78. The van der Waals surface area contributed by atoms with E-state index in [9.17, 15) is 9.90 Å². The Labute approximate surface area is 160 Å². The van der Waals surface area contributed by atoms with Crippen molar-refractivity contribution in [1.29, 1.82) is 0 Å². The van der Waals surface area contributed by atoms with Gasteiger partial charge >= 0.3 is 0 Å². The third kappa shape index (κ3) is 5.57. The number of pyridine rings is 1. The lowest BCUT2D eigenvalue weighted by Gasteiger charge is -2.32. The van der Waals surface area contributed by atoms with Crippen molar-refractivity contribution in [3.05, 3.63) is 59.9 Å². The molecule has 3 rings (SSSR count). The predicted molar refractivity (Wildman–Crippen MR) is 103 cm³/mol. The highest BCUT2D eigenvalue weighted by atomic mass is 16.5. The second-order valence-corrected chi connectivity index (χ2v) is 7.19. The van der Waals surface area contributed by atoms with E-state index in [2.05, 4.69) is 16.8 Å². The van der Waals surface area contributed by atoms with Crippen LogP contribution in [-0.4, -0.2) is 45.7 Å². The number of likely N-dealkylation sites (tertiary alicyclic amines) is 1. The summed E-state index contributed by atoms with van der Waals surface area (Å²) in [5, 5.41) is 9.73. The Morgan fingerprint density at radius 1 is 1.26 bits per heavy atom. The number of aromatic nitrogens is 1. The van der Waals surface area contributed by atoms with Crippen LogP contribution in [-0.2, 0) is 0 Å². The van der Waals surface area contributed by atoms with Gasteiger partial charge in [-0.2, -0.15) is 0 Å². The molecule has 140 valence electrons. The highest BCUT2D eigenvalue weighted by Gasteiger charge is 2.24. The summed E-state index contributed by atoms with van der Waals surface area (Å²) in [6.07, 6.45) is 5.10. The van der Waals surface area contributed by atoms with Gasteiger partial charge in [0.05, 0.1) is 6.20 Å². The molecule has 0 aliphatic carbocycles. The lowest BCUT2D eigenvalue weighted by atomic mass is 10.0. The molecule has 0 spiro atoms. The van der Waals surface area contributed by atoms with Crippen LogP contribution >= 0.6 is 0 Å². The number of piperidine rings is 1. The van der Waals surface area contributed by atoms with Gasteiger partial charge in [0.15, 0.2) is 0 Å². The first-order chi connectivity index (χ1) is 12.9. The summed E-state index contributed by atoms with van der Waals surface area (Å²) in [4.78, 5) is 18.7. The van der Waals surface area contributed by atoms with E-state index in [1.54, 1.807) is 38.4 Å². The molecule has 1 aromatic heterocycles. The first kappa shape index (κ1) is 18.9. The van der Waals surface area contributed by atoms with E-state index in [1.165, 1.54) is 0 Å². The Morgan fingerprint density at radius 3 is 2.70 bits per heavy atom. The van der Waals surface area contributed by atoms with Gasteiger partial charge in [-0.15, -0.1) is 0 Å². The molecule has 0 radical (unpaired) electrons. The largest absolute Gasteiger partial charge is 0.489 e. The molecule has 27 heavy (non-hydrogen) atoms. The molecule has 0 atom stereocenters. The zero-order valence-corrected chi connectivity index (χ0v) is 15.7. The minimum atomic E-state index is -1.06. The smallest absolute Gasteiger partial charge is 0.253 e. The van der Waals surface area contributed by atoms with Crippen molar-refractivity contribution in [2.45, 2.75) is 38.4 Å². The first-order valence-electron chi connectivity index (χ1n) is 9.12. The monoisotopic (exact) mass is 364 g/mol. The second kappa shape index (κ2) is 8.24. The zero-order valence-electron chi connectivity index (χ0n) is 15.7. The van der Waals surface area contributed by atoms with Gasteiger partial charge in [-0.1, -0.05) is 17.9 Å². The molecule has 1 N–H and O–H groups in total. The van der Waals surface area contributed by atoms with Gasteiger partial charge in [0.1, 0.15) is 17.5 Å². The quantitative estimate of drug-likeness (QED) is 0.851. The molecule has 5 heteroatoms. The van der Waals surface area contributed by atoms with Gasteiger partial charge in [-0.05, 0) is 44.2 Å². The van der Waals surface area contributed by atoms with Crippen molar-refractivity contribution in [2.24, 2.45) is 0 Å². The van der Waals surface area contributed by atoms with Crippen molar-refractivity contribution < 1.29 is 14.6 Å². The van der Waals surface area contributed by atoms with Gasteiger partial charge < -0.3 is 14.7 Å². The molecule has 2 heterocycles. The summed E-state index contributed by atoms with van der Waals surface area (Å²) >= 11 is 0. The molecule has 0 unspecified atom stereocenters. The summed E-state index contributed by atoms with van der Waals surface area (Å²) in [5.74, 6) is 6.46. The minimum Gasteiger partial charge on any atom is -0.489 e. The maximum absolute atomic E-state index is 12.8. The molecular formula is C22H24N2O3. The molecule has 0 saturated carbocycles. The van der Waals surface area contributed by atoms with E-state index in [0.29, 0.717) is 18.7 Å². The molecule has 0 bridgehead atoms. The molecule has 1 aliphatic rings. The molecule has 1 saturated heterocycles. The number of hydrogen-bond donors (Lipinski definition) is 1. The number of hydrogen-bond acceptors (Lipinski definition) is 4. The summed E-state index contributed by atoms with van der Waals surface area (Å²) in [7, 11) is 0. The molecule has 1 aliphatic heterocycles. The summed E-state index contributed by atoms with van der Waals surface area (Å²) in [6.45, 7) is 4.58. The van der Waals surface area contributed by atoms with Crippen molar-refractivity contribution >= 4 is 5.91 Å². The van der Waals surface area contributed by atoms with E-state index in [4.69, 9.17) is 4.74 Å². The van der Waals surface area contributed by atoms with Crippen LogP contribution in [0.4, 0.5) is 0 Å². The standard InChI is InChI=1S/C22H24N2O3/c1-22(2,26)11-8-17-5-3-6-18(15-17)21(25)24-13-9-19(10-14-24)27-20-7-4-12-23-16-20/h3-7,12,15-16,19,26H,9-10,13-14H2,1-2H3. The van der Waals surface area contributed by atoms with Gasteiger partial charge in [0.2, 0.25) is 0 Å². The number of amides is 1.